The number of hydrogen-bond acceptors (Lipinski definition) is 2. The summed E-state index contributed by atoms with van der Waals surface area (Å²) in [6.07, 6.45) is 12.7. The van der Waals surface area contributed by atoms with Crippen molar-refractivity contribution >= 4 is 5.78 Å². The van der Waals surface area contributed by atoms with Crippen LogP contribution in [-0.2, 0) is 4.79 Å². The zero-order chi connectivity index (χ0) is 11.7. The van der Waals surface area contributed by atoms with Gasteiger partial charge in [0, 0.05) is 32.0 Å². The van der Waals surface area contributed by atoms with Crippen LogP contribution in [-0.4, -0.2) is 29.8 Å². The summed E-state index contributed by atoms with van der Waals surface area (Å²) in [6, 6.07) is 0.738. The lowest BCUT2D eigenvalue weighted by Crippen LogP contribution is -2.60. The molecular formula is C15H25NO. The minimum absolute atomic E-state index is 0.492. The molecule has 0 unspecified atom stereocenters. The SMILES string of the molecule is O=C1CCC(N2CC3(CCCCCC3)C2)CC1. The van der Waals surface area contributed by atoms with E-state index in [4.69, 9.17) is 0 Å². The first kappa shape index (κ1) is 11.7. The summed E-state index contributed by atoms with van der Waals surface area (Å²) >= 11 is 0. The third kappa shape index (κ3) is 2.42. The molecule has 0 bridgehead atoms. The van der Waals surface area contributed by atoms with Gasteiger partial charge in [-0.25, -0.2) is 0 Å². The zero-order valence-electron chi connectivity index (χ0n) is 10.9. The van der Waals surface area contributed by atoms with Crippen LogP contribution in [0.4, 0.5) is 0 Å². The fourth-order valence-electron chi connectivity index (χ4n) is 4.16. The Morgan fingerprint density at radius 3 is 2.12 bits per heavy atom. The first-order valence-corrected chi connectivity index (χ1v) is 7.53. The molecule has 0 amide bonds. The Hall–Kier alpha value is -0.370. The standard InChI is InChI=1S/C15H25NO/c17-14-7-5-13(6-8-14)16-11-15(12-16)9-3-1-2-4-10-15/h13H,1-12H2. The second-order valence-electron chi connectivity index (χ2n) is 6.59. The van der Waals surface area contributed by atoms with E-state index in [0.29, 0.717) is 11.2 Å². The van der Waals surface area contributed by atoms with Gasteiger partial charge in [-0.2, -0.15) is 0 Å². The highest BCUT2D eigenvalue weighted by Gasteiger charge is 2.45. The molecule has 1 saturated heterocycles. The van der Waals surface area contributed by atoms with E-state index in [2.05, 4.69) is 4.90 Å². The van der Waals surface area contributed by atoms with Gasteiger partial charge in [-0.3, -0.25) is 9.69 Å². The number of nitrogens with zero attached hydrogens (tertiary/aromatic N) is 1. The van der Waals surface area contributed by atoms with Crippen molar-refractivity contribution in [3.05, 3.63) is 0 Å². The van der Waals surface area contributed by atoms with Crippen LogP contribution in [0.5, 0.6) is 0 Å². The predicted octanol–water partition coefficient (Wildman–Crippen LogP) is 3.15. The lowest BCUT2D eigenvalue weighted by atomic mass is 9.72. The van der Waals surface area contributed by atoms with E-state index in [-0.39, 0.29) is 0 Å². The van der Waals surface area contributed by atoms with Crippen LogP contribution in [0, 0.1) is 5.41 Å². The molecule has 0 aromatic rings. The van der Waals surface area contributed by atoms with E-state index in [9.17, 15) is 4.79 Å². The summed E-state index contributed by atoms with van der Waals surface area (Å²) in [4.78, 5) is 13.9. The van der Waals surface area contributed by atoms with Gasteiger partial charge in [-0.05, 0) is 31.1 Å². The molecule has 0 N–H and O–H groups in total. The molecule has 96 valence electrons. The summed E-state index contributed by atoms with van der Waals surface area (Å²) in [6.45, 7) is 2.68. The molecule has 2 nitrogen and oxygen atoms in total. The zero-order valence-corrected chi connectivity index (χ0v) is 10.9. The second-order valence-corrected chi connectivity index (χ2v) is 6.59. The Morgan fingerprint density at radius 1 is 0.941 bits per heavy atom. The molecule has 17 heavy (non-hydrogen) atoms. The van der Waals surface area contributed by atoms with E-state index in [1.165, 1.54) is 51.6 Å². The van der Waals surface area contributed by atoms with Gasteiger partial charge < -0.3 is 0 Å². The maximum atomic E-state index is 11.3. The molecule has 0 aromatic heterocycles. The molecule has 2 saturated carbocycles. The lowest BCUT2D eigenvalue weighted by Gasteiger charge is -2.54. The highest BCUT2D eigenvalue weighted by atomic mass is 16.1. The summed E-state index contributed by atoms with van der Waals surface area (Å²) in [5.74, 6) is 0.492. The van der Waals surface area contributed by atoms with E-state index in [1.54, 1.807) is 0 Å². The topological polar surface area (TPSA) is 20.3 Å². The quantitative estimate of drug-likeness (QED) is 0.696. The van der Waals surface area contributed by atoms with Crippen molar-refractivity contribution in [2.75, 3.05) is 13.1 Å². The highest BCUT2D eigenvalue weighted by molar-refractivity contribution is 5.79. The summed E-state index contributed by atoms with van der Waals surface area (Å²) in [5, 5.41) is 0. The number of rotatable bonds is 1. The van der Waals surface area contributed by atoms with Gasteiger partial charge in [0.1, 0.15) is 5.78 Å². The Kier molecular flexibility index (Phi) is 3.25. The highest BCUT2D eigenvalue weighted by Crippen LogP contribution is 2.44. The largest absolute Gasteiger partial charge is 0.300 e. The number of Topliss-reactive ketones (excluding diaryl/α,β-unsaturated/α-hetero) is 1. The predicted molar refractivity (Wildman–Crippen MR) is 69.0 cm³/mol. The van der Waals surface area contributed by atoms with Crippen LogP contribution in [0.3, 0.4) is 0 Å². The van der Waals surface area contributed by atoms with Crippen molar-refractivity contribution in [2.45, 2.75) is 70.3 Å². The van der Waals surface area contributed by atoms with Gasteiger partial charge in [0.2, 0.25) is 0 Å². The third-order valence-electron chi connectivity index (χ3n) is 5.27. The van der Waals surface area contributed by atoms with E-state index >= 15 is 0 Å². The van der Waals surface area contributed by atoms with Gasteiger partial charge in [0.25, 0.3) is 0 Å². The number of ketones is 1. The van der Waals surface area contributed by atoms with Crippen LogP contribution >= 0.6 is 0 Å². The van der Waals surface area contributed by atoms with Crippen molar-refractivity contribution in [2.24, 2.45) is 5.41 Å². The van der Waals surface area contributed by atoms with E-state index in [0.717, 1.165) is 31.7 Å². The average molecular weight is 235 g/mol. The van der Waals surface area contributed by atoms with Crippen molar-refractivity contribution < 1.29 is 4.79 Å². The van der Waals surface area contributed by atoms with Crippen LogP contribution in [0.25, 0.3) is 0 Å². The number of carbonyl (C=O) groups is 1. The summed E-state index contributed by atoms with van der Waals surface area (Å²) < 4.78 is 0. The molecule has 1 spiro atoms. The first-order chi connectivity index (χ1) is 8.27. The van der Waals surface area contributed by atoms with E-state index < -0.39 is 0 Å². The fraction of sp³-hybridized carbons (Fsp3) is 0.933. The van der Waals surface area contributed by atoms with Crippen LogP contribution in [0.15, 0.2) is 0 Å². The normalized spacial score (nSPS) is 31.2. The van der Waals surface area contributed by atoms with Gasteiger partial charge >= 0.3 is 0 Å². The van der Waals surface area contributed by atoms with Gasteiger partial charge in [-0.1, -0.05) is 25.7 Å². The van der Waals surface area contributed by atoms with Crippen molar-refractivity contribution in [3.8, 4) is 0 Å². The minimum Gasteiger partial charge on any atom is -0.300 e. The number of likely N-dealkylation sites (tertiary alicyclic amines) is 1. The molecule has 2 heteroatoms. The fourth-order valence-corrected chi connectivity index (χ4v) is 4.16. The van der Waals surface area contributed by atoms with Crippen LogP contribution in [0.1, 0.15) is 64.2 Å². The number of hydrogen-bond donors (Lipinski definition) is 0. The maximum Gasteiger partial charge on any atom is 0.133 e. The smallest absolute Gasteiger partial charge is 0.133 e. The molecule has 3 aliphatic rings. The van der Waals surface area contributed by atoms with Crippen molar-refractivity contribution in [1.29, 1.82) is 0 Å². The average Bonchev–Trinajstić information content (AvgIpc) is 2.54. The second kappa shape index (κ2) is 4.72. The van der Waals surface area contributed by atoms with E-state index in [1.807, 2.05) is 0 Å². The number of carbonyl (C=O) groups excluding carboxylic acids is 1. The molecule has 0 aromatic carbocycles. The van der Waals surface area contributed by atoms with Crippen molar-refractivity contribution in [3.63, 3.8) is 0 Å². The molecule has 3 rings (SSSR count). The molecule has 2 aliphatic carbocycles. The monoisotopic (exact) mass is 235 g/mol. The molecule has 0 radical (unpaired) electrons. The molecule has 0 atom stereocenters. The molecule has 1 heterocycles. The molecule has 3 fully saturated rings. The first-order valence-electron chi connectivity index (χ1n) is 7.53. The Bertz CT molecular complexity index is 273. The van der Waals surface area contributed by atoms with Crippen molar-refractivity contribution in [1.82, 2.24) is 4.90 Å². The lowest BCUT2D eigenvalue weighted by molar-refractivity contribution is -0.123. The minimum atomic E-state index is 0.492. The van der Waals surface area contributed by atoms with Crippen LogP contribution < -0.4 is 0 Å². The molecular weight excluding hydrogens is 210 g/mol. The van der Waals surface area contributed by atoms with Gasteiger partial charge in [-0.15, -0.1) is 0 Å². The summed E-state index contributed by atoms with van der Waals surface area (Å²) in [7, 11) is 0. The maximum absolute atomic E-state index is 11.3. The van der Waals surface area contributed by atoms with Gasteiger partial charge in [0.05, 0.1) is 0 Å². The third-order valence-corrected chi connectivity index (χ3v) is 5.27. The van der Waals surface area contributed by atoms with Crippen LogP contribution in [0.2, 0.25) is 0 Å². The Morgan fingerprint density at radius 2 is 1.53 bits per heavy atom. The van der Waals surface area contributed by atoms with Gasteiger partial charge in [0.15, 0.2) is 0 Å². The Balaban J connectivity index is 1.51. The Labute approximate surface area is 105 Å². The molecule has 1 aliphatic heterocycles. The summed E-state index contributed by atoms with van der Waals surface area (Å²) in [5.41, 5.74) is 0.692.